The lowest BCUT2D eigenvalue weighted by Crippen LogP contribution is -2.39. The van der Waals surface area contributed by atoms with E-state index in [1.165, 1.54) is 0 Å². The number of nitrogens with one attached hydrogen (secondary N) is 1. The molecule has 0 fully saturated rings. The Morgan fingerprint density at radius 2 is 1.38 bits per heavy atom. The molecule has 0 aromatic carbocycles. The van der Waals surface area contributed by atoms with Gasteiger partial charge < -0.3 is 5.32 Å². The number of alkyl halides is 6. The maximum Gasteiger partial charge on any atom is 0.471 e. The molecule has 0 atom stereocenters. The Balaban J connectivity index is 4.34. The summed E-state index contributed by atoms with van der Waals surface area (Å²) in [5, 5.41) is 0.576. The summed E-state index contributed by atoms with van der Waals surface area (Å²) >= 11 is 0. The predicted octanol–water partition coefficient (Wildman–Crippen LogP) is 1.74. The van der Waals surface area contributed by atoms with E-state index in [0.717, 1.165) is 0 Å². The van der Waals surface area contributed by atoms with E-state index in [1.807, 2.05) is 0 Å². The van der Waals surface area contributed by atoms with Crippen molar-refractivity contribution in [1.29, 1.82) is 0 Å². The summed E-state index contributed by atoms with van der Waals surface area (Å²) in [5.74, 6) is -2.70. The summed E-state index contributed by atoms with van der Waals surface area (Å²) in [6.07, 6.45) is -10.4. The van der Waals surface area contributed by atoms with Gasteiger partial charge in [0.2, 0.25) is 0 Å². The molecule has 76 valence electrons. The van der Waals surface area contributed by atoms with E-state index in [2.05, 4.69) is 6.58 Å². The fourth-order valence-corrected chi connectivity index (χ4v) is 0.279. The number of rotatable bonds is 1. The molecule has 13 heavy (non-hydrogen) atoms. The van der Waals surface area contributed by atoms with E-state index < -0.39 is 24.0 Å². The summed E-state index contributed by atoms with van der Waals surface area (Å²) in [5.41, 5.74) is -1.95. The van der Waals surface area contributed by atoms with E-state index in [1.54, 1.807) is 0 Å². The zero-order valence-corrected chi connectivity index (χ0v) is 5.88. The molecule has 0 unspecified atom stereocenters. The third kappa shape index (κ3) is 3.81. The monoisotopic (exact) mass is 207 g/mol. The smallest absolute Gasteiger partial charge is 0.315 e. The highest BCUT2D eigenvalue weighted by atomic mass is 19.4. The summed E-state index contributed by atoms with van der Waals surface area (Å²) < 4.78 is 68.7. The topological polar surface area (TPSA) is 29.1 Å². The van der Waals surface area contributed by atoms with Gasteiger partial charge in [-0.2, -0.15) is 26.3 Å². The molecule has 0 bridgehead atoms. The van der Waals surface area contributed by atoms with Crippen LogP contribution in [0.25, 0.3) is 0 Å². The Hall–Kier alpha value is -1.21. The summed E-state index contributed by atoms with van der Waals surface area (Å²) in [7, 11) is 0. The minimum Gasteiger partial charge on any atom is -0.315 e. The third-order valence-electron chi connectivity index (χ3n) is 0.864. The molecule has 0 heterocycles. The van der Waals surface area contributed by atoms with Crippen molar-refractivity contribution in [3.05, 3.63) is 12.3 Å². The molecule has 0 aliphatic heterocycles. The van der Waals surface area contributed by atoms with Gasteiger partial charge in [0.25, 0.3) is 0 Å². The molecule has 8 heteroatoms. The number of hydrogen-bond acceptors (Lipinski definition) is 1. The SMILES string of the molecule is C=C(NC(=O)C(F)(F)F)C(F)(F)F. The molecule has 0 spiro atoms. The summed E-state index contributed by atoms with van der Waals surface area (Å²) in [6, 6.07) is 0. The average molecular weight is 207 g/mol. The summed E-state index contributed by atoms with van der Waals surface area (Å²) in [4.78, 5) is 9.92. The minimum atomic E-state index is -5.35. The fraction of sp³-hybridized carbons (Fsp3) is 0.400. The summed E-state index contributed by atoms with van der Waals surface area (Å²) in [6.45, 7) is 2.22. The molecular weight excluding hydrogens is 204 g/mol. The Labute approximate surface area is 68.2 Å². The van der Waals surface area contributed by atoms with Crippen LogP contribution in [0.5, 0.6) is 0 Å². The van der Waals surface area contributed by atoms with Crippen molar-refractivity contribution in [3.8, 4) is 0 Å². The fourth-order valence-electron chi connectivity index (χ4n) is 0.279. The van der Waals surface area contributed by atoms with Gasteiger partial charge in [-0.25, -0.2) is 0 Å². The first-order valence-corrected chi connectivity index (χ1v) is 2.69. The van der Waals surface area contributed by atoms with Gasteiger partial charge in [0.1, 0.15) is 5.70 Å². The van der Waals surface area contributed by atoms with Crippen molar-refractivity contribution in [2.45, 2.75) is 12.4 Å². The molecule has 0 radical (unpaired) electrons. The Kier molecular flexibility index (Phi) is 2.96. The largest absolute Gasteiger partial charge is 0.471 e. The van der Waals surface area contributed by atoms with Crippen LogP contribution in [0.3, 0.4) is 0 Å². The maximum atomic E-state index is 11.5. The third-order valence-corrected chi connectivity index (χ3v) is 0.864. The molecule has 2 nitrogen and oxygen atoms in total. The number of carbonyl (C=O) groups is 1. The molecule has 0 saturated heterocycles. The number of carbonyl (C=O) groups excluding carboxylic acids is 1. The second kappa shape index (κ2) is 3.27. The number of amides is 1. The number of hydrogen-bond donors (Lipinski definition) is 1. The molecule has 0 aromatic heterocycles. The quantitative estimate of drug-likeness (QED) is 0.652. The van der Waals surface area contributed by atoms with Crippen molar-refractivity contribution < 1.29 is 31.1 Å². The van der Waals surface area contributed by atoms with Gasteiger partial charge in [-0.15, -0.1) is 0 Å². The lowest BCUT2D eigenvalue weighted by molar-refractivity contribution is -0.175. The van der Waals surface area contributed by atoms with Crippen molar-refractivity contribution in [3.63, 3.8) is 0 Å². The van der Waals surface area contributed by atoms with Gasteiger partial charge in [0, 0.05) is 0 Å². The van der Waals surface area contributed by atoms with Crippen molar-refractivity contribution in [2.24, 2.45) is 0 Å². The van der Waals surface area contributed by atoms with Crippen LogP contribution in [0.1, 0.15) is 0 Å². The van der Waals surface area contributed by atoms with Crippen LogP contribution in [0.15, 0.2) is 12.3 Å². The second-order valence-electron chi connectivity index (χ2n) is 1.93. The van der Waals surface area contributed by atoms with Crippen molar-refractivity contribution in [2.75, 3.05) is 0 Å². The second-order valence-corrected chi connectivity index (χ2v) is 1.93. The highest BCUT2D eigenvalue weighted by Gasteiger charge is 2.42. The van der Waals surface area contributed by atoms with Gasteiger partial charge in [0.05, 0.1) is 0 Å². The zero-order chi connectivity index (χ0) is 10.9. The van der Waals surface area contributed by atoms with E-state index in [4.69, 9.17) is 0 Å². The van der Waals surface area contributed by atoms with Crippen LogP contribution in [0, 0.1) is 0 Å². The molecular formula is C5H3F6NO. The average Bonchev–Trinajstić information content (AvgIpc) is 1.82. The molecule has 0 saturated carbocycles. The van der Waals surface area contributed by atoms with Crippen LogP contribution in [0.4, 0.5) is 26.3 Å². The molecule has 0 aliphatic rings. The molecule has 0 aromatic rings. The van der Waals surface area contributed by atoms with Gasteiger partial charge in [-0.3, -0.25) is 4.79 Å². The lowest BCUT2D eigenvalue weighted by atomic mass is 10.4. The minimum absolute atomic E-state index is 0.576. The van der Waals surface area contributed by atoms with Crippen LogP contribution in [-0.4, -0.2) is 18.3 Å². The number of halogens is 6. The molecule has 0 aliphatic carbocycles. The van der Waals surface area contributed by atoms with Crippen molar-refractivity contribution in [1.82, 2.24) is 5.32 Å². The van der Waals surface area contributed by atoms with Gasteiger partial charge in [-0.1, -0.05) is 6.58 Å². The standard InChI is InChI=1S/C5H3F6NO/c1-2(4(6,7)8)12-3(13)5(9,10)11/h1H2,(H,12,13). The zero-order valence-electron chi connectivity index (χ0n) is 5.88. The van der Waals surface area contributed by atoms with Gasteiger partial charge in [-0.05, 0) is 0 Å². The highest BCUT2D eigenvalue weighted by Crippen LogP contribution is 2.23. The van der Waals surface area contributed by atoms with Crippen LogP contribution >= 0.6 is 0 Å². The van der Waals surface area contributed by atoms with E-state index in [9.17, 15) is 31.1 Å². The highest BCUT2D eigenvalue weighted by molar-refractivity contribution is 5.83. The predicted molar refractivity (Wildman–Crippen MR) is 29.4 cm³/mol. The van der Waals surface area contributed by atoms with E-state index in [0.29, 0.717) is 5.32 Å². The first-order chi connectivity index (χ1) is 5.55. The molecule has 1 N–H and O–H groups in total. The first-order valence-electron chi connectivity index (χ1n) is 2.69. The normalized spacial score (nSPS) is 12.5. The Bertz CT molecular complexity index is 202. The van der Waals surface area contributed by atoms with E-state index in [-0.39, 0.29) is 0 Å². The van der Waals surface area contributed by atoms with Gasteiger partial charge >= 0.3 is 18.3 Å². The first kappa shape index (κ1) is 11.8. The molecule has 0 rings (SSSR count). The maximum absolute atomic E-state index is 11.5. The van der Waals surface area contributed by atoms with Crippen molar-refractivity contribution >= 4 is 5.91 Å². The van der Waals surface area contributed by atoms with Crippen LogP contribution in [0.2, 0.25) is 0 Å². The lowest BCUT2D eigenvalue weighted by Gasteiger charge is -2.12. The number of allylic oxidation sites excluding steroid dienone is 1. The van der Waals surface area contributed by atoms with Crippen LogP contribution < -0.4 is 5.32 Å². The van der Waals surface area contributed by atoms with Crippen LogP contribution in [-0.2, 0) is 4.79 Å². The molecule has 1 amide bonds. The van der Waals surface area contributed by atoms with E-state index >= 15 is 0 Å². The Morgan fingerprint density at radius 1 is 1.00 bits per heavy atom. The van der Waals surface area contributed by atoms with Gasteiger partial charge in [0.15, 0.2) is 0 Å². The Morgan fingerprint density at radius 3 is 1.62 bits per heavy atom.